The van der Waals surface area contributed by atoms with Crippen LogP contribution >= 0.6 is 11.6 Å². The first kappa shape index (κ1) is 16.3. The number of halogens is 1. The minimum atomic E-state index is -0.698. The van der Waals surface area contributed by atoms with Crippen LogP contribution in [0.5, 0.6) is 0 Å². The van der Waals surface area contributed by atoms with Crippen molar-refractivity contribution in [3.63, 3.8) is 0 Å². The Bertz CT molecular complexity index is 1160. The highest BCUT2D eigenvalue weighted by molar-refractivity contribution is 6.36. The van der Waals surface area contributed by atoms with Gasteiger partial charge in [0.2, 0.25) is 0 Å². The first-order valence-corrected chi connectivity index (χ1v) is 8.44. The highest BCUT2D eigenvalue weighted by Crippen LogP contribution is 2.27. The van der Waals surface area contributed by atoms with Gasteiger partial charge in [-0.1, -0.05) is 72.3 Å². The molecule has 0 fully saturated rings. The second-order valence-electron chi connectivity index (χ2n) is 5.84. The summed E-state index contributed by atoms with van der Waals surface area (Å²) in [6.07, 6.45) is 0. The molecule has 0 aliphatic rings. The molecular weight excluding hydrogens is 348 g/mol. The van der Waals surface area contributed by atoms with E-state index >= 15 is 0 Å². The molecule has 0 amide bonds. The molecule has 0 heterocycles. The van der Waals surface area contributed by atoms with Crippen molar-refractivity contribution in [3.8, 4) is 0 Å². The van der Waals surface area contributed by atoms with Crippen LogP contribution in [0.15, 0.2) is 78.9 Å². The van der Waals surface area contributed by atoms with Crippen LogP contribution in [0, 0.1) is 0 Å². The quantitative estimate of drug-likeness (QED) is 0.343. The first-order chi connectivity index (χ1) is 12.6. The molecule has 0 bridgehead atoms. The fraction of sp³-hybridized carbons (Fsp3) is 0. The summed E-state index contributed by atoms with van der Waals surface area (Å²) in [4.78, 5) is 25.2. The SMILES string of the molecule is O=C(OC(=O)c1cccc2c(Cl)cccc12)c1cccc2ccccc12. The average molecular weight is 361 g/mol. The van der Waals surface area contributed by atoms with Gasteiger partial charge in [0.15, 0.2) is 0 Å². The number of hydrogen-bond donors (Lipinski definition) is 0. The smallest absolute Gasteiger partial charge is 0.346 e. The van der Waals surface area contributed by atoms with Gasteiger partial charge in [-0.15, -0.1) is 0 Å². The normalized spacial score (nSPS) is 10.8. The number of hydrogen-bond acceptors (Lipinski definition) is 3. The fourth-order valence-corrected chi connectivity index (χ4v) is 3.28. The van der Waals surface area contributed by atoms with E-state index < -0.39 is 11.9 Å². The third-order valence-corrected chi connectivity index (χ3v) is 4.61. The van der Waals surface area contributed by atoms with Gasteiger partial charge in [0.1, 0.15) is 0 Å². The number of esters is 2. The summed E-state index contributed by atoms with van der Waals surface area (Å²) in [6.45, 7) is 0. The van der Waals surface area contributed by atoms with Crippen molar-refractivity contribution in [3.05, 3.63) is 95.0 Å². The number of carbonyl (C=O) groups is 2. The van der Waals surface area contributed by atoms with Gasteiger partial charge >= 0.3 is 11.9 Å². The van der Waals surface area contributed by atoms with Crippen LogP contribution in [-0.2, 0) is 4.74 Å². The molecule has 0 saturated carbocycles. The van der Waals surface area contributed by atoms with Crippen molar-refractivity contribution in [1.82, 2.24) is 0 Å². The van der Waals surface area contributed by atoms with Crippen molar-refractivity contribution < 1.29 is 14.3 Å². The Labute approximate surface area is 154 Å². The number of benzene rings is 4. The predicted octanol–water partition coefficient (Wildman–Crippen LogP) is 5.64. The van der Waals surface area contributed by atoms with Crippen molar-refractivity contribution in [2.75, 3.05) is 0 Å². The molecule has 0 atom stereocenters. The third kappa shape index (κ3) is 2.83. The Morgan fingerprint density at radius 2 is 1.15 bits per heavy atom. The maximum Gasteiger partial charge on any atom is 0.346 e. The minimum Gasteiger partial charge on any atom is -0.386 e. The van der Waals surface area contributed by atoms with E-state index in [0.717, 1.165) is 16.2 Å². The molecule has 0 aromatic heterocycles. The first-order valence-electron chi connectivity index (χ1n) is 8.06. The van der Waals surface area contributed by atoms with Crippen LogP contribution in [-0.4, -0.2) is 11.9 Å². The molecule has 0 aliphatic carbocycles. The van der Waals surface area contributed by atoms with Crippen LogP contribution < -0.4 is 0 Å². The molecule has 26 heavy (non-hydrogen) atoms. The summed E-state index contributed by atoms with van der Waals surface area (Å²) in [5.74, 6) is -1.37. The van der Waals surface area contributed by atoms with E-state index in [2.05, 4.69) is 0 Å². The molecule has 4 rings (SSSR count). The van der Waals surface area contributed by atoms with Crippen LogP contribution in [0.2, 0.25) is 5.02 Å². The van der Waals surface area contributed by atoms with Gasteiger partial charge in [0, 0.05) is 10.4 Å². The van der Waals surface area contributed by atoms with E-state index in [1.807, 2.05) is 36.4 Å². The van der Waals surface area contributed by atoms with Gasteiger partial charge in [-0.3, -0.25) is 0 Å². The second-order valence-corrected chi connectivity index (χ2v) is 6.25. The highest BCUT2D eigenvalue weighted by Gasteiger charge is 2.19. The number of fused-ring (bicyclic) bond motifs is 2. The van der Waals surface area contributed by atoms with Crippen molar-refractivity contribution >= 4 is 45.1 Å². The lowest BCUT2D eigenvalue weighted by Gasteiger charge is -2.08. The lowest BCUT2D eigenvalue weighted by atomic mass is 10.0. The zero-order valence-electron chi connectivity index (χ0n) is 13.6. The highest BCUT2D eigenvalue weighted by atomic mass is 35.5. The van der Waals surface area contributed by atoms with E-state index in [1.165, 1.54) is 0 Å². The standard InChI is InChI=1S/C22H13ClO3/c23-20-13-5-9-16-17(20)10-4-12-19(16)22(25)26-21(24)18-11-3-7-14-6-1-2-8-15(14)18/h1-13H. The van der Waals surface area contributed by atoms with E-state index in [1.54, 1.807) is 42.5 Å². The molecule has 3 nitrogen and oxygen atoms in total. The fourth-order valence-electron chi connectivity index (χ4n) is 3.05. The van der Waals surface area contributed by atoms with Crippen LogP contribution in [0.4, 0.5) is 0 Å². The molecule has 0 unspecified atom stereocenters. The van der Waals surface area contributed by atoms with Gasteiger partial charge in [-0.2, -0.15) is 0 Å². The summed E-state index contributed by atoms with van der Waals surface area (Å²) < 4.78 is 5.16. The Kier molecular flexibility index (Phi) is 4.15. The maximum absolute atomic E-state index is 12.6. The van der Waals surface area contributed by atoms with Crippen LogP contribution in [0.1, 0.15) is 20.7 Å². The average Bonchev–Trinajstić information content (AvgIpc) is 2.67. The van der Waals surface area contributed by atoms with Crippen molar-refractivity contribution in [2.24, 2.45) is 0 Å². The minimum absolute atomic E-state index is 0.304. The van der Waals surface area contributed by atoms with E-state index in [0.29, 0.717) is 21.5 Å². The third-order valence-electron chi connectivity index (χ3n) is 4.28. The van der Waals surface area contributed by atoms with Gasteiger partial charge in [-0.05, 0) is 34.4 Å². The molecule has 0 aliphatic heterocycles. The van der Waals surface area contributed by atoms with Crippen molar-refractivity contribution in [2.45, 2.75) is 0 Å². The topological polar surface area (TPSA) is 43.4 Å². The molecule has 126 valence electrons. The Morgan fingerprint density at radius 3 is 1.96 bits per heavy atom. The Hall–Kier alpha value is -3.17. The largest absolute Gasteiger partial charge is 0.386 e. The lowest BCUT2D eigenvalue weighted by molar-refractivity contribution is 0.0400. The molecule has 4 aromatic carbocycles. The summed E-state index contributed by atoms with van der Waals surface area (Å²) in [7, 11) is 0. The monoisotopic (exact) mass is 360 g/mol. The molecular formula is C22H13ClO3. The number of rotatable bonds is 2. The zero-order chi connectivity index (χ0) is 18.1. The molecule has 4 heteroatoms. The van der Waals surface area contributed by atoms with Crippen molar-refractivity contribution in [1.29, 1.82) is 0 Å². The van der Waals surface area contributed by atoms with E-state index in [-0.39, 0.29) is 0 Å². The van der Waals surface area contributed by atoms with Gasteiger partial charge in [0.25, 0.3) is 0 Å². The number of carbonyl (C=O) groups excluding carboxylic acids is 2. The second kappa shape index (κ2) is 6.62. The molecule has 0 saturated heterocycles. The Balaban J connectivity index is 1.71. The summed E-state index contributed by atoms with van der Waals surface area (Å²) in [5, 5.41) is 3.58. The van der Waals surface area contributed by atoms with Gasteiger partial charge in [0.05, 0.1) is 11.1 Å². The maximum atomic E-state index is 12.6. The molecule has 0 spiro atoms. The lowest BCUT2D eigenvalue weighted by Crippen LogP contribution is -2.13. The van der Waals surface area contributed by atoms with E-state index in [9.17, 15) is 9.59 Å². The van der Waals surface area contributed by atoms with Crippen LogP contribution in [0.25, 0.3) is 21.5 Å². The van der Waals surface area contributed by atoms with E-state index in [4.69, 9.17) is 16.3 Å². The number of ether oxygens (including phenoxy) is 1. The Morgan fingerprint density at radius 1 is 0.615 bits per heavy atom. The van der Waals surface area contributed by atoms with Crippen LogP contribution in [0.3, 0.4) is 0 Å². The summed E-state index contributed by atoms with van der Waals surface area (Å²) in [6, 6.07) is 23.2. The summed E-state index contributed by atoms with van der Waals surface area (Å²) >= 11 is 6.18. The predicted molar refractivity (Wildman–Crippen MR) is 103 cm³/mol. The molecule has 0 radical (unpaired) electrons. The zero-order valence-corrected chi connectivity index (χ0v) is 14.4. The molecule has 0 N–H and O–H groups in total. The molecule has 4 aromatic rings. The van der Waals surface area contributed by atoms with Gasteiger partial charge in [-0.25, -0.2) is 9.59 Å². The summed E-state index contributed by atoms with van der Waals surface area (Å²) in [5.41, 5.74) is 0.660. The van der Waals surface area contributed by atoms with Gasteiger partial charge < -0.3 is 4.74 Å².